The van der Waals surface area contributed by atoms with Crippen molar-refractivity contribution < 1.29 is 13.2 Å². The maximum Gasteiger partial charge on any atom is 0.418 e. The zero-order valence-electron chi connectivity index (χ0n) is 21.6. The highest BCUT2D eigenvalue weighted by Gasteiger charge is 2.43. The number of rotatable bonds is 5. The summed E-state index contributed by atoms with van der Waals surface area (Å²) >= 11 is 5.84. The Morgan fingerprint density at radius 1 is 0.947 bits per heavy atom. The highest BCUT2D eigenvalue weighted by molar-refractivity contribution is 7.80. The fourth-order valence-corrected chi connectivity index (χ4v) is 5.68. The molecule has 0 radical (unpaired) electrons. The molecule has 2 aromatic carbocycles. The monoisotopic (exact) mass is 534 g/mol. The van der Waals surface area contributed by atoms with E-state index in [1.165, 1.54) is 17.7 Å². The normalized spacial score (nSPS) is 17.8. The minimum absolute atomic E-state index is 0.108. The highest BCUT2D eigenvalue weighted by Crippen LogP contribution is 2.44. The van der Waals surface area contributed by atoms with Gasteiger partial charge < -0.3 is 14.8 Å². The number of nitrogens with zero attached hydrogens (tertiary/aromatic N) is 3. The van der Waals surface area contributed by atoms with Gasteiger partial charge in [0.15, 0.2) is 5.11 Å². The van der Waals surface area contributed by atoms with Crippen LogP contribution in [0.2, 0.25) is 0 Å². The Kier molecular flexibility index (Phi) is 6.77. The van der Waals surface area contributed by atoms with Crippen LogP contribution in [-0.2, 0) is 6.18 Å². The van der Waals surface area contributed by atoms with Crippen molar-refractivity contribution in [2.45, 2.75) is 51.9 Å². The van der Waals surface area contributed by atoms with E-state index in [1.807, 2.05) is 38.1 Å². The van der Waals surface area contributed by atoms with E-state index in [4.69, 9.17) is 12.2 Å². The number of halogens is 3. The quantitative estimate of drug-likeness (QED) is 0.265. The van der Waals surface area contributed by atoms with Gasteiger partial charge in [-0.1, -0.05) is 44.2 Å². The van der Waals surface area contributed by atoms with Gasteiger partial charge in [-0.3, -0.25) is 4.98 Å². The lowest BCUT2D eigenvalue weighted by molar-refractivity contribution is -0.137. The Morgan fingerprint density at radius 3 is 2.26 bits per heavy atom. The maximum absolute atomic E-state index is 14.0. The van der Waals surface area contributed by atoms with Crippen molar-refractivity contribution in [2.24, 2.45) is 0 Å². The van der Waals surface area contributed by atoms with Crippen molar-refractivity contribution in [3.05, 3.63) is 113 Å². The molecule has 4 aromatic rings. The lowest BCUT2D eigenvalue weighted by Gasteiger charge is -2.28. The summed E-state index contributed by atoms with van der Waals surface area (Å²) in [7, 11) is 0. The van der Waals surface area contributed by atoms with Crippen LogP contribution in [0.3, 0.4) is 0 Å². The predicted octanol–water partition coefficient (Wildman–Crippen LogP) is 7.81. The summed E-state index contributed by atoms with van der Waals surface area (Å²) in [6, 6.07) is 21.1. The summed E-state index contributed by atoms with van der Waals surface area (Å²) in [6.45, 7) is 7.99. The maximum atomic E-state index is 14.0. The van der Waals surface area contributed by atoms with Gasteiger partial charge in [0.05, 0.1) is 29.0 Å². The van der Waals surface area contributed by atoms with Gasteiger partial charge in [-0.15, -0.1) is 0 Å². The SMILES string of the molecule is Cc1cc([C@H]2[C@H](c3ccccn3)NC(=S)N2c2ccc(C(C)C)cc2)c(C)n1-c1ccccc1C(F)(F)F. The first kappa shape index (κ1) is 26.0. The van der Waals surface area contributed by atoms with Gasteiger partial charge in [0.2, 0.25) is 0 Å². The van der Waals surface area contributed by atoms with Crippen molar-refractivity contribution in [1.29, 1.82) is 0 Å². The third-order valence-corrected chi connectivity index (χ3v) is 7.49. The van der Waals surface area contributed by atoms with Crippen LogP contribution in [0.5, 0.6) is 0 Å². The number of alkyl halides is 3. The number of thiocarbonyl (C=S) groups is 1. The molecule has 1 N–H and O–H groups in total. The number of hydrogen-bond donors (Lipinski definition) is 1. The summed E-state index contributed by atoms with van der Waals surface area (Å²) in [5.41, 5.74) is 4.69. The van der Waals surface area contributed by atoms with Crippen molar-refractivity contribution in [2.75, 3.05) is 4.90 Å². The third-order valence-electron chi connectivity index (χ3n) is 7.18. The van der Waals surface area contributed by atoms with E-state index < -0.39 is 11.7 Å². The van der Waals surface area contributed by atoms with E-state index >= 15 is 0 Å². The predicted molar refractivity (Wildman–Crippen MR) is 149 cm³/mol. The fraction of sp³-hybridized carbons (Fsp3) is 0.267. The van der Waals surface area contributed by atoms with Gasteiger partial charge in [-0.05, 0) is 85.6 Å². The van der Waals surface area contributed by atoms with E-state index in [1.54, 1.807) is 16.8 Å². The van der Waals surface area contributed by atoms with Gasteiger partial charge in [0, 0.05) is 23.3 Å². The van der Waals surface area contributed by atoms with Crippen LogP contribution in [0.4, 0.5) is 18.9 Å². The molecule has 2 aromatic heterocycles. The van der Waals surface area contributed by atoms with Crippen LogP contribution < -0.4 is 10.2 Å². The van der Waals surface area contributed by atoms with Crippen LogP contribution in [0.25, 0.3) is 5.69 Å². The van der Waals surface area contributed by atoms with Crippen molar-refractivity contribution in [3.63, 3.8) is 0 Å². The fourth-order valence-electron chi connectivity index (χ4n) is 5.33. The lowest BCUT2D eigenvalue weighted by Crippen LogP contribution is -2.29. The van der Waals surface area contributed by atoms with Crippen LogP contribution in [0.15, 0.2) is 79.0 Å². The molecule has 0 saturated carbocycles. The molecule has 196 valence electrons. The molecule has 1 saturated heterocycles. The second-order valence-corrected chi connectivity index (χ2v) is 10.3. The summed E-state index contributed by atoms with van der Waals surface area (Å²) in [5, 5.41) is 3.99. The molecule has 4 nitrogen and oxygen atoms in total. The van der Waals surface area contributed by atoms with E-state index in [-0.39, 0.29) is 17.8 Å². The van der Waals surface area contributed by atoms with Crippen molar-refractivity contribution >= 4 is 23.0 Å². The van der Waals surface area contributed by atoms with E-state index in [0.717, 1.165) is 28.7 Å². The lowest BCUT2D eigenvalue weighted by atomic mass is 9.96. The minimum atomic E-state index is -4.48. The third kappa shape index (κ3) is 4.58. The molecule has 0 bridgehead atoms. The molecule has 1 fully saturated rings. The molecular weight excluding hydrogens is 505 g/mol. The second-order valence-electron chi connectivity index (χ2n) is 9.92. The van der Waals surface area contributed by atoms with Crippen molar-refractivity contribution in [3.8, 4) is 5.69 Å². The Morgan fingerprint density at radius 2 is 1.63 bits per heavy atom. The Hall–Kier alpha value is -3.65. The summed E-state index contributed by atoms with van der Waals surface area (Å²) in [5.74, 6) is 0.386. The summed E-state index contributed by atoms with van der Waals surface area (Å²) < 4.78 is 43.6. The van der Waals surface area contributed by atoms with Crippen LogP contribution in [0, 0.1) is 13.8 Å². The molecule has 0 unspecified atom stereocenters. The van der Waals surface area contributed by atoms with Crippen LogP contribution in [0.1, 0.15) is 65.6 Å². The van der Waals surface area contributed by atoms with Crippen molar-refractivity contribution in [1.82, 2.24) is 14.9 Å². The molecule has 0 aliphatic carbocycles. The molecule has 3 heterocycles. The summed E-state index contributed by atoms with van der Waals surface area (Å²) in [6.07, 6.45) is -2.74. The van der Waals surface area contributed by atoms with Gasteiger partial charge in [-0.2, -0.15) is 13.2 Å². The zero-order chi connectivity index (χ0) is 27.2. The molecule has 5 rings (SSSR count). The first-order valence-electron chi connectivity index (χ1n) is 12.5. The average Bonchev–Trinajstić information content (AvgIpc) is 3.39. The minimum Gasteiger partial charge on any atom is -0.351 e. The van der Waals surface area contributed by atoms with Gasteiger partial charge >= 0.3 is 6.18 Å². The number of para-hydroxylation sites is 1. The number of pyridine rings is 1. The van der Waals surface area contributed by atoms with E-state index in [9.17, 15) is 13.2 Å². The Balaban J connectivity index is 1.68. The average molecular weight is 535 g/mol. The largest absolute Gasteiger partial charge is 0.418 e. The molecule has 1 aliphatic rings. The Bertz CT molecular complexity index is 1460. The van der Waals surface area contributed by atoms with Gasteiger partial charge in [-0.25, -0.2) is 0 Å². The number of aromatic nitrogens is 2. The number of aryl methyl sites for hydroxylation is 1. The Labute approximate surface area is 226 Å². The molecule has 1 aliphatic heterocycles. The number of benzene rings is 2. The molecule has 0 amide bonds. The second kappa shape index (κ2) is 9.91. The summed E-state index contributed by atoms with van der Waals surface area (Å²) in [4.78, 5) is 6.65. The van der Waals surface area contributed by atoms with Crippen LogP contribution in [-0.4, -0.2) is 14.7 Å². The molecule has 38 heavy (non-hydrogen) atoms. The molecule has 8 heteroatoms. The number of nitrogens with one attached hydrogen (secondary N) is 1. The first-order valence-corrected chi connectivity index (χ1v) is 12.9. The van der Waals surface area contributed by atoms with Gasteiger partial charge in [0.25, 0.3) is 0 Å². The van der Waals surface area contributed by atoms with Gasteiger partial charge in [0.1, 0.15) is 0 Å². The zero-order valence-corrected chi connectivity index (χ0v) is 22.4. The topological polar surface area (TPSA) is 33.1 Å². The smallest absolute Gasteiger partial charge is 0.351 e. The number of anilines is 1. The molecular formula is C30H29F3N4S. The highest BCUT2D eigenvalue weighted by atomic mass is 32.1. The van der Waals surface area contributed by atoms with Crippen LogP contribution >= 0.6 is 12.2 Å². The van der Waals surface area contributed by atoms with E-state index in [0.29, 0.717) is 16.7 Å². The van der Waals surface area contributed by atoms with E-state index in [2.05, 4.69) is 53.3 Å². The first-order chi connectivity index (χ1) is 18.1. The number of hydrogen-bond acceptors (Lipinski definition) is 2. The molecule has 2 atom stereocenters. The molecule has 0 spiro atoms. The standard InChI is InChI=1S/C30H29F3N4S/c1-18(2)21-12-14-22(15-13-21)37-28(27(35-29(37)38)25-10-7-8-16-34-25)23-17-19(3)36(20(23)4)26-11-6-5-9-24(26)30(31,32)33/h5-18,27-28H,1-4H3,(H,35,38)/t27-,28-/m0/s1.